The van der Waals surface area contributed by atoms with Crippen LogP contribution in [-0.4, -0.2) is 38.8 Å². The van der Waals surface area contributed by atoms with Crippen LogP contribution in [0.2, 0.25) is 0 Å². The minimum absolute atomic E-state index is 0.200. The largest absolute Gasteiger partial charge is 0.392 e. The number of hydrogen-bond acceptors (Lipinski definition) is 5. The Balaban J connectivity index is 1.71. The summed E-state index contributed by atoms with van der Waals surface area (Å²) < 4.78 is 5.40. The lowest BCUT2D eigenvalue weighted by Crippen LogP contribution is -2.46. The second-order valence-electron chi connectivity index (χ2n) is 5.89. The van der Waals surface area contributed by atoms with Crippen LogP contribution in [-0.2, 0) is 6.54 Å². The number of likely N-dealkylation sites (tertiary alicyclic amines) is 1. The first-order valence-corrected chi connectivity index (χ1v) is 8.08. The van der Waals surface area contributed by atoms with Gasteiger partial charge >= 0.3 is 0 Å². The van der Waals surface area contributed by atoms with Crippen LogP contribution in [0.15, 0.2) is 34.9 Å². The first-order chi connectivity index (χ1) is 10.8. The summed E-state index contributed by atoms with van der Waals surface area (Å²) in [7, 11) is 0. The van der Waals surface area contributed by atoms with Crippen LogP contribution in [0.25, 0.3) is 11.4 Å². The van der Waals surface area contributed by atoms with Crippen LogP contribution < -0.4 is 0 Å². The van der Waals surface area contributed by atoms with Crippen molar-refractivity contribution in [2.45, 2.75) is 51.3 Å². The molecule has 0 saturated carbocycles. The van der Waals surface area contributed by atoms with Crippen molar-refractivity contribution in [3.05, 3.63) is 36.2 Å². The van der Waals surface area contributed by atoms with Crippen molar-refractivity contribution in [3.8, 4) is 11.4 Å². The van der Waals surface area contributed by atoms with Gasteiger partial charge in [0.1, 0.15) is 0 Å². The van der Waals surface area contributed by atoms with Crippen LogP contribution in [0.1, 0.15) is 38.5 Å². The Morgan fingerprint density at radius 3 is 2.91 bits per heavy atom. The van der Waals surface area contributed by atoms with Crippen LogP contribution in [0, 0.1) is 0 Å². The van der Waals surface area contributed by atoms with E-state index in [2.05, 4.69) is 15.0 Å². The zero-order valence-corrected chi connectivity index (χ0v) is 13.0. The average molecular weight is 301 g/mol. The lowest BCUT2D eigenvalue weighted by atomic mass is 9.96. The fourth-order valence-corrected chi connectivity index (χ4v) is 3.12. The Hall–Kier alpha value is -1.72. The third-order valence-corrected chi connectivity index (χ3v) is 4.37. The molecular weight excluding hydrogens is 278 g/mol. The number of aliphatic hydroxyl groups excluding tert-OH is 1. The summed E-state index contributed by atoms with van der Waals surface area (Å²) in [6, 6.07) is 10.0. The summed E-state index contributed by atoms with van der Waals surface area (Å²) >= 11 is 0. The summed E-state index contributed by atoms with van der Waals surface area (Å²) in [5.41, 5.74) is 0.960. The Morgan fingerprint density at radius 2 is 2.14 bits per heavy atom. The lowest BCUT2D eigenvalue weighted by Gasteiger charge is -2.37. The van der Waals surface area contributed by atoms with Crippen molar-refractivity contribution >= 4 is 0 Å². The van der Waals surface area contributed by atoms with Gasteiger partial charge in [0.15, 0.2) is 0 Å². The van der Waals surface area contributed by atoms with E-state index in [0.29, 0.717) is 18.3 Å². The number of piperidine rings is 1. The van der Waals surface area contributed by atoms with E-state index in [1.807, 2.05) is 37.3 Å². The van der Waals surface area contributed by atoms with Crippen LogP contribution in [0.5, 0.6) is 0 Å². The SMILES string of the molecule is CCC(O)C1CCCCN1Cc1nc(-c2ccccc2)no1. The van der Waals surface area contributed by atoms with Gasteiger partial charge in [-0.15, -0.1) is 0 Å². The molecule has 0 spiro atoms. The first-order valence-electron chi connectivity index (χ1n) is 8.08. The first kappa shape index (κ1) is 15.2. The molecule has 5 heteroatoms. The molecule has 3 rings (SSSR count). The molecule has 0 bridgehead atoms. The van der Waals surface area contributed by atoms with Crippen LogP contribution in [0.3, 0.4) is 0 Å². The average Bonchev–Trinajstić information content (AvgIpc) is 3.04. The molecule has 2 unspecified atom stereocenters. The molecule has 1 aliphatic heterocycles. The third-order valence-electron chi connectivity index (χ3n) is 4.37. The molecule has 118 valence electrons. The minimum Gasteiger partial charge on any atom is -0.392 e. The number of aliphatic hydroxyl groups is 1. The minimum atomic E-state index is -0.281. The zero-order chi connectivity index (χ0) is 15.4. The summed E-state index contributed by atoms with van der Waals surface area (Å²) in [5, 5.41) is 14.3. The summed E-state index contributed by atoms with van der Waals surface area (Å²) in [4.78, 5) is 6.77. The molecule has 0 radical (unpaired) electrons. The van der Waals surface area contributed by atoms with Gasteiger partial charge in [-0.3, -0.25) is 4.90 Å². The third kappa shape index (κ3) is 3.36. The Bertz CT molecular complexity index is 585. The maximum absolute atomic E-state index is 10.2. The van der Waals surface area contributed by atoms with E-state index < -0.39 is 0 Å². The van der Waals surface area contributed by atoms with E-state index >= 15 is 0 Å². The molecule has 2 atom stereocenters. The van der Waals surface area contributed by atoms with Gasteiger partial charge in [0.2, 0.25) is 11.7 Å². The lowest BCUT2D eigenvalue weighted by molar-refractivity contribution is 0.0145. The van der Waals surface area contributed by atoms with E-state index in [-0.39, 0.29) is 12.1 Å². The monoisotopic (exact) mass is 301 g/mol. The molecular formula is C17H23N3O2. The molecule has 1 aromatic carbocycles. The van der Waals surface area contributed by atoms with Gasteiger partial charge in [-0.25, -0.2) is 0 Å². The second kappa shape index (κ2) is 7.03. The van der Waals surface area contributed by atoms with Gasteiger partial charge in [-0.2, -0.15) is 4.98 Å². The molecule has 2 heterocycles. The van der Waals surface area contributed by atoms with Crippen molar-refractivity contribution in [3.63, 3.8) is 0 Å². The highest BCUT2D eigenvalue weighted by Crippen LogP contribution is 2.23. The van der Waals surface area contributed by atoms with Crippen molar-refractivity contribution in [2.75, 3.05) is 6.54 Å². The van der Waals surface area contributed by atoms with Gasteiger partial charge in [0, 0.05) is 11.6 Å². The van der Waals surface area contributed by atoms with E-state index in [1.165, 1.54) is 6.42 Å². The zero-order valence-electron chi connectivity index (χ0n) is 13.0. The standard InChI is InChI=1S/C17H23N3O2/c1-2-15(21)14-10-6-7-11-20(14)12-16-18-17(19-22-16)13-8-4-3-5-9-13/h3-5,8-9,14-15,21H,2,6-7,10-12H2,1H3. The molecule has 1 aliphatic rings. The molecule has 0 aliphatic carbocycles. The van der Waals surface area contributed by atoms with Crippen LogP contribution in [0.4, 0.5) is 0 Å². The molecule has 1 aromatic heterocycles. The fraction of sp³-hybridized carbons (Fsp3) is 0.529. The van der Waals surface area contributed by atoms with Crippen molar-refractivity contribution in [1.29, 1.82) is 0 Å². The quantitative estimate of drug-likeness (QED) is 0.920. The maximum Gasteiger partial charge on any atom is 0.241 e. The summed E-state index contributed by atoms with van der Waals surface area (Å²) in [6.07, 6.45) is 3.87. The van der Waals surface area contributed by atoms with E-state index in [0.717, 1.165) is 31.4 Å². The van der Waals surface area contributed by atoms with E-state index in [1.54, 1.807) is 0 Å². The number of nitrogens with zero attached hydrogens (tertiary/aromatic N) is 3. The highest BCUT2D eigenvalue weighted by Gasteiger charge is 2.29. The van der Waals surface area contributed by atoms with E-state index in [9.17, 15) is 5.11 Å². The fourth-order valence-electron chi connectivity index (χ4n) is 3.12. The molecule has 1 fully saturated rings. The molecule has 1 N–H and O–H groups in total. The number of hydrogen-bond donors (Lipinski definition) is 1. The maximum atomic E-state index is 10.2. The van der Waals surface area contributed by atoms with Crippen molar-refractivity contribution in [2.24, 2.45) is 0 Å². The Morgan fingerprint density at radius 1 is 1.32 bits per heavy atom. The van der Waals surface area contributed by atoms with Gasteiger partial charge in [0.05, 0.1) is 12.6 Å². The molecule has 22 heavy (non-hydrogen) atoms. The van der Waals surface area contributed by atoms with Gasteiger partial charge in [-0.1, -0.05) is 48.8 Å². The number of aromatic nitrogens is 2. The summed E-state index contributed by atoms with van der Waals surface area (Å²) in [6.45, 7) is 3.62. The molecule has 5 nitrogen and oxygen atoms in total. The van der Waals surface area contributed by atoms with E-state index in [4.69, 9.17) is 4.52 Å². The number of benzene rings is 1. The second-order valence-corrected chi connectivity index (χ2v) is 5.89. The Kier molecular flexibility index (Phi) is 4.85. The topological polar surface area (TPSA) is 62.4 Å². The smallest absolute Gasteiger partial charge is 0.241 e. The highest BCUT2D eigenvalue weighted by molar-refractivity contribution is 5.53. The van der Waals surface area contributed by atoms with Crippen molar-refractivity contribution < 1.29 is 9.63 Å². The number of rotatable bonds is 5. The molecule has 0 amide bonds. The van der Waals surface area contributed by atoms with Gasteiger partial charge in [0.25, 0.3) is 0 Å². The Labute approximate surface area is 131 Å². The molecule has 2 aromatic rings. The normalized spacial score (nSPS) is 20.9. The highest BCUT2D eigenvalue weighted by atomic mass is 16.5. The summed E-state index contributed by atoms with van der Waals surface area (Å²) in [5.74, 6) is 1.24. The predicted molar refractivity (Wildman–Crippen MR) is 84.1 cm³/mol. The van der Waals surface area contributed by atoms with Crippen molar-refractivity contribution in [1.82, 2.24) is 15.0 Å². The predicted octanol–water partition coefficient (Wildman–Crippen LogP) is 2.86. The van der Waals surface area contributed by atoms with Crippen LogP contribution >= 0.6 is 0 Å². The van der Waals surface area contributed by atoms with Gasteiger partial charge in [-0.05, 0) is 25.8 Å². The van der Waals surface area contributed by atoms with Gasteiger partial charge < -0.3 is 9.63 Å². The molecule has 1 saturated heterocycles.